The Labute approximate surface area is 184 Å². The number of aromatic nitrogens is 2. The summed E-state index contributed by atoms with van der Waals surface area (Å²) in [6.45, 7) is 7.31. The van der Waals surface area contributed by atoms with Gasteiger partial charge in [0.05, 0.1) is 25.9 Å². The Morgan fingerprint density at radius 1 is 1.06 bits per heavy atom. The summed E-state index contributed by atoms with van der Waals surface area (Å²) in [6.07, 6.45) is 4.80. The molecule has 1 aromatic heterocycles. The molecule has 2 aliphatic rings. The second kappa shape index (κ2) is 9.40. The van der Waals surface area contributed by atoms with Gasteiger partial charge in [0.15, 0.2) is 0 Å². The number of likely N-dealkylation sites (tertiary alicyclic amines) is 1. The first-order chi connectivity index (χ1) is 15.1. The molecule has 1 saturated heterocycles. The van der Waals surface area contributed by atoms with Crippen LogP contribution in [0.15, 0.2) is 30.5 Å². The monoisotopic (exact) mass is 427 g/mol. The molecule has 0 amide bonds. The maximum Gasteiger partial charge on any atom is 0.319 e. The lowest BCUT2D eigenvalue weighted by Crippen LogP contribution is -2.58. The Hall–Kier alpha value is -2.38. The largest absolute Gasteiger partial charge is 0.497 e. The molecule has 1 N–H and O–H groups in total. The quantitative estimate of drug-likeness (QED) is 0.692. The van der Waals surface area contributed by atoms with Crippen molar-refractivity contribution in [1.82, 2.24) is 14.9 Å². The van der Waals surface area contributed by atoms with Crippen LogP contribution in [0.2, 0.25) is 0 Å². The van der Waals surface area contributed by atoms with Crippen molar-refractivity contribution < 1.29 is 19.3 Å². The van der Waals surface area contributed by atoms with Crippen molar-refractivity contribution in [2.75, 3.05) is 33.4 Å². The fourth-order valence-electron chi connectivity index (χ4n) is 5.17. The lowest BCUT2D eigenvalue weighted by molar-refractivity contribution is -0.150. The van der Waals surface area contributed by atoms with E-state index in [1.165, 1.54) is 5.56 Å². The molecule has 7 nitrogen and oxygen atoms in total. The van der Waals surface area contributed by atoms with E-state index < -0.39 is 5.60 Å². The van der Waals surface area contributed by atoms with Gasteiger partial charge in [0.25, 0.3) is 0 Å². The van der Waals surface area contributed by atoms with E-state index in [0.29, 0.717) is 30.7 Å². The topological polar surface area (TPSA) is 76.9 Å². The number of methoxy groups -OCH3 is 1. The van der Waals surface area contributed by atoms with Crippen LogP contribution in [0, 0.1) is 11.8 Å². The Morgan fingerprint density at radius 3 is 2.35 bits per heavy atom. The van der Waals surface area contributed by atoms with Crippen LogP contribution < -0.4 is 14.2 Å². The SMILES string of the molecule is CCOc1ncc(C2(O)C3CCCC2CN(Cc2ccc(OC)cc2)C3)c(OCC)n1. The molecule has 1 saturated carbocycles. The van der Waals surface area contributed by atoms with Crippen LogP contribution in [-0.2, 0) is 12.1 Å². The normalized spacial score (nSPS) is 25.8. The third-order valence-corrected chi connectivity index (χ3v) is 6.59. The second-order valence-electron chi connectivity index (χ2n) is 8.43. The van der Waals surface area contributed by atoms with E-state index in [0.717, 1.165) is 44.6 Å². The molecule has 2 unspecified atom stereocenters. The summed E-state index contributed by atoms with van der Waals surface area (Å²) in [4.78, 5) is 11.3. The van der Waals surface area contributed by atoms with Gasteiger partial charge in [-0.2, -0.15) is 4.98 Å². The average Bonchev–Trinajstić information content (AvgIpc) is 2.76. The van der Waals surface area contributed by atoms with Crippen LogP contribution in [0.3, 0.4) is 0 Å². The number of benzene rings is 1. The van der Waals surface area contributed by atoms with E-state index in [1.54, 1.807) is 13.3 Å². The molecule has 1 aromatic carbocycles. The van der Waals surface area contributed by atoms with Crippen LogP contribution >= 0.6 is 0 Å². The Morgan fingerprint density at radius 2 is 1.74 bits per heavy atom. The van der Waals surface area contributed by atoms with Crippen LogP contribution in [0.4, 0.5) is 0 Å². The van der Waals surface area contributed by atoms with Gasteiger partial charge in [-0.3, -0.25) is 4.90 Å². The van der Waals surface area contributed by atoms with Gasteiger partial charge in [-0.25, -0.2) is 4.98 Å². The maximum atomic E-state index is 12.1. The van der Waals surface area contributed by atoms with Crippen molar-refractivity contribution >= 4 is 0 Å². The maximum absolute atomic E-state index is 12.1. The molecule has 1 aliphatic carbocycles. The summed E-state index contributed by atoms with van der Waals surface area (Å²) < 4.78 is 16.6. The van der Waals surface area contributed by atoms with Gasteiger partial charge in [-0.05, 0) is 44.4 Å². The zero-order chi connectivity index (χ0) is 21.8. The Kier molecular flexibility index (Phi) is 6.62. The fourth-order valence-corrected chi connectivity index (χ4v) is 5.17. The van der Waals surface area contributed by atoms with E-state index in [2.05, 4.69) is 27.0 Å². The standard InChI is InChI=1S/C24H33N3O4/c1-4-30-22-21(13-25-23(26-22)31-5-2)24(28)18-7-6-8-19(24)16-27(15-18)14-17-9-11-20(29-3)12-10-17/h9-13,18-19,28H,4-8,14-16H2,1-3H3. The summed E-state index contributed by atoms with van der Waals surface area (Å²) in [5.74, 6) is 1.54. The molecule has 4 rings (SSSR count). The summed E-state index contributed by atoms with van der Waals surface area (Å²) in [5.41, 5.74) is 0.976. The predicted octanol–water partition coefficient (Wildman–Crippen LogP) is 3.40. The first-order valence-electron chi connectivity index (χ1n) is 11.3. The van der Waals surface area contributed by atoms with Crippen molar-refractivity contribution in [3.8, 4) is 17.6 Å². The van der Waals surface area contributed by atoms with E-state index in [9.17, 15) is 5.11 Å². The highest BCUT2D eigenvalue weighted by Crippen LogP contribution is 2.51. The minimum Gasteiger partial charge on any atom is -0.497 e. The minimum atomic E-state index is -0.982. The van der Waals surface area contributed by atoms with Gasteiger partial charge in [0.1, 0.15) is 11.4 Å². The van der Waals surface area contributed by atoms with Crippen LogP contribution in [0.25, 0.3) is 0 Å². The van der Waals surface area contributed by atoms with Crippen molar-refractivity contribution in [2.45, 2.75) is 45.3 Å². The molecule has 0 radical (unpaired) electrons. The van der Waals surface area contributed by atoms with Gasteiger partial charge in [-0.15, -0.1) is 0 Å². The summed E-state index contributed by atoms with van der Waals surface area (Å²) >= 11 is 0. The first-order valence-corrected chi connectivity index (χ1v) is 11.3. The molecule has 2 bridgehead atoms. The van der Waals surface area contributed by atoms with Gasteiger partial charge in [-0.1, -0.05) is 18.6 Å². The number of hydrogen-bond acceptors (Lipinski definition) is 7. The summed E-state index contributed by atoms with van der Waals surface area (Å²) in [6, 6.07) is 8.52. The van der Waals surface area contributed by atoms with Crippen molar-refractivity contribution in [3.63, 3.8) is 0 Å². The highest BCUT2D eigenvalue weighted by molar-refractivity contribution is 5.35. The predicted molar refractivity (Wildman–Crippen MR) is 117 cm³/mol. The zero-order valence-corrected chi connectivity index (χ0v) is 18.7. The Bertz CT molecular complexity index is 860. The number of piperidine rings is 1. The molecule has 2 atom stereocenters. The van der Waals surface area contributed by atoms with Crippen LogP contribution in [0.5, 0.6) is 17.6 Å². The van der Waals surface area contributed by atoms with E-state index in [1.807, 2.05) is 26.0 Å². The molecule has 168 valence electrons. The summed E-state index contributed by atoms with van der Waals surface area (Å²) in [7, 11) is 1.68. The number of fused-ring (bicyclic) bond motifs is 2. The molecule has 0 spiro atoms. The highest BCUT2D eigenvalue weighted by atomic mass is 16.5. The first kappa shape index (κ1) is 21.8. The van der Waals surface area contributed by atoms with Crippen molar-refractivity contribution in [2.24, 2.45) is 11.8 Å². The van der Waals surface area contributed by atoms with E-state index >= 15 is 0 Å². The fraction of sp³-hybridized carbons (Fsp3) is 0.583. The number of hydrogen-bond donors (Lipinski definition) is 1. The number of ether oxygens (including phenoxy) is 3. The Balaban J connectivity index is 1.58. The number of nitrogens with zero attached hydrogens (tertiary/aromatic N) is 3. The van der Waals surface area contributed by atoms with Crippen LogP contribution in [0.1, 0.15) is 44.2 Å². The van der Waals surface area contributed by atoms with E-state index in [-0.39, 0.29) is 11.8 Å². The molecule has 2 aromatic rings. The molecular weight excluding hydrogens is 394 g/mol. The van der Waals surface area contributed by atoms with Gasteiger partial charge >= 0.3 is 6.01 Å². The highest BCUT2D eigenvalue weighted by Gasteiger charge is 2.53. The second-order valence-corrected chi connectivity index (χ2v) is 8.43. The minimum absolute atomic E-state index is 0.110. The number of aliphatic hydroxyl groups is 1. The van der Waals surface area contributed by atoms with Gasteiger partial charge in [0.2, 0.25) is 5.88 Å². The van der Waals surface area contributed by atoms with Crippen molar-refractivity contribution in [1.29, 1.82) is 0 Å². The third kappa shape index (κ3) is 4.34. The molecule has 7 heteroatoms. The summed E-state index contributed by atoms with van der Waals surface area (Å²) in [5, 5.41) is 12.1. The lowest BCUT2D eigenvalue weighted by Gasteiger charge is -2.53. The smallest absolute Gasteiger partial charge is 0.319 e. The molecule has 31 heavy (non-hydrogen) atoms. The molecular formula is C24H33N3O4. The molecule has 2 heterocycles. The lowest BCUT2D eigenvalue weighted by atomic mass is 9.63. The third-order valence-electron chi connectivity index (χ3n) is 6.59. The van der Waals surface area contributed by atoms with Gasteiger partial charge < -0.3 is 19.3 Å². The van der Waals surface area contributed by atoms with Gasteiger partial charge in [0, 0.05) is 37.7 Å². The number of rotatable bonds is 8. The average molecular weight is 428 g/mol. The van der Waals surface area contributed by atoms with Crippen molar-refractivity contribution in [3.05, 3.63) is 41.6 Å². The molecule has 2 fully saturated rings. The van der Waals surface area contributed by atoms with E-state index in [4.69, 9.17) is 14.2 Å². The molecule has 1 aliphatic heterocycles. The zero-order valence-electron chi connectivity index (χ0n) is 18.7. The van der Waals surface area contributed by atoms with Crippen LogP contribution in [-0.4, -0.2) is 53.4 Å².